The summed E-state index contributed by atoms with van der Waals surface area (Å²) in [7, 11) is 0. The zero-order valence-electron chi connectivity index (χ0n) is 7.10. The molecule has 12 heavy (non-hydrogen) atoms. The van der Waals surface area contributed by atoms with Crippen LogP contribution in [0.15, 0.2) is 23.4 Å². The van der Waals surface area contributed by atoms with Crippen LogP contribution >= 0.6 is 0 Å². The second kappa shape index (κ2) is 4.01. The van der Waals surface area contributed by atoms with E-state index in [1.807, 2.05) is 6.92 Å². The van der Waals surface area contributed by atoms with Gasteiger partial charge < -0.3 is 5.73 Å². The Hall–Kier alpha value is -1.16. The zero-order chi connectivity index (χ0) is 8.97. The maximum Gasteiger partial charge on any atom is 0.253 e. The van der Waals surface area contributed by atoms with E-state index in [1.165, 1.54) is 23.2 Å². The fraction of sp³-hybridized carbons (Fsp3) is 0.500. The highest BCUT2D eigenvalue weighted by Crippen LogP contribution is 1.88. The van der Waals surface area contributed by atoms with E-state index >= 15 is 0 Å². The van der Waals surface area contributed by atoms with E-state index in [4.69, 9.17) is 5.73 Å². The Bertz CT molecular complexity index is 294. The van der Waals surface area contributed by atoms with E-state index in [9.17, 15) is 4.79 Å². The van der Waals surface area contributed by atoms with E-state index in [-0.39, 0.29) is 11.6 Å². The molecule has 66 valence electrons. The van der Waals surface area contributed by atoms with Crippen LogP contribution in [0, 0.1) is 0 Å². The predicted octanol–water partition coefficient (Wildman–Crippen LogP) is -0.0194. The van der Waals surface area contributed by atoms with E-state index in [0.717, 1.165) is 6.42 Å². The highest BCUT2D eigenvalue weighted by Gasteiger charge is 2.00. The number of hydrogen-bond acceptors (Lipinski definition) is 3. The Balaban J connectivity index is 2.76. The van der Waals surface area contributed by atoms with Crippen molar-refractivity contribution < 1.29 is 0 Å². The van der Waals surface area contributed by atoms with Crippen molar-refractivity contribution in [3.05, 3.63) is 28.9 Å². The van der Waals surface area contributed by atoms with Crippen molar-refractivity contribution in [3.63, 3.8) is 0 Å². The standard InChI is InChI=1S/C8H13N3O/c1-2-7(9)5-11-6-10-4-3-8(11)12/h3-4,6-7H,2,5,9H2,1H3. The summed E-state index contributed by atoms with van der Waals surface area (Å²) in [5.74, 6) is 0. The fourth-order valence-corrected chi connectivity index (χ4v) is 0.897. The van der Waals surface area contributed by atoms with Gasteiger partial charge in [-0.3, -0.25) is 9.36 Å². The average molecular weight is 167 g/mol. The molecule has 1 aromatic rings. The van der Waals surface area contributed by atoms with Crippen LogP contribution in [0.4, 0.5) is 0 Å². The van der Waals surface area contributed by atoms with Gasteiger partial charge in [0.05, 0.1) is 6.33 Å². The van der Waals surface area contributed by atoms with Gasteiger partial charge in [0.1, 0.15) is 0 Å². The molecule has 1 aromatic heterocycles. The lowest BCUT2D eigenvalue weighted by Crippen LogP contribution is -2.31. The molecule has 0 aromatic carbocycles. The van der Waals surface area contributed by atoms with Crippen LogP contribution in [-0.2, 0) is 6.54 Å². The minimum atomic E-state index is -0.0473. The molecule has 4 heteroatoms. The Morgan fingerprint density at radius 3 is 3.08 bits per heavy atom. The van der Waals surface area contributed by atoms with Gasteiger partial charge >= 0.3 is 0 Å². The summed E-state index contributed by atoms with van der Waals surface area (Å²) in [6.45, 7) is 2.54. The summed E-state index contributed by atoms with van der Waals surface area (Å²) >= 11 is 0. The molecule has 0 aliphatic carbocycles. The third-order valence-electron chi connectivity index (χ3n) is 1.75. The van der Waals surface area contributed by atoms with E-state index < -0.39 is 0 Å². The summed E-state index contributed by atoms with van der Waals surface area (Å²) in [6.07, 6.45) is 3.86. The van der Waals surface area contributed by atoms with Gasteiger partial charge in [0.15, 0.2) is 0 Å². The first-order valence-electron chi connectivity index (χ1n) is 4.00. The minimum Gasteiger partial charge on any atom is -0.326 e. The van der Waals surface area contributed by atoms with Crippen LogP contribution in [-0.4, -0.2) is 15.6 Å². The molecule has 1 rings (SSSR count). The summed E-state index contributed by atoms with van der Waals surface area (Å²) in [5.41, 5.74) is 5.64. The molecule has 0 saturated carbocycles. The Morgan fingerprint density at radius 2 is 2.50 bits per heavy atom. The van der Waals surface area contributed by atoms with Gasteiger partial charge in [0, 0.05) is 24.8 Å². The van der Waals surface area contributed by atoms with Gasteiger partial charge in [-0.25, -0.2) is 4.98 Å². The first-order valence-corrected chi connectivity index (χ1v) is 4.00. The Morgan fingerprint density at radius 1 is 1.75 bits per heavy atom. The molecule has 1 heterocycles. The lowest BCUT2D eigenvalue weighted by atomic mass is 10.2. The van der Waals surface area contributed by atoms with Gasteiger partial charge in [-0.2, -0.15) is 0 Å². The lowest BCUT2D eigenvalue weighted by Gasteiger charge is -2.09. The number of nitrogens with two attached hydrogens (primary N) is 1. The smallest absolute Gasteiger partial charge is 0.253 e. The molecule has 1 atom stereocenters. The number of rotatable bonds is 3. The largest absolute Gasteiger partial charge is 0.326 e. The highest BCUT2D eigenvalue weighted by molar-refractivity contribution is 4.82. The summed E-state index contributed by atoms with van der Waals surface area (Å²) in [5, 5.41) is 0. The first kappa shape index (κ1) is 8.93. The monoisotopic (exact) mass is 167 g/mol. The molecule has 0 aliphatic heterocycles. The van der Waals surface area contributed by atoms with Crippen LogP contribution in [0.1, 0.15) is 13.3 Å². The van der Waals surface area contributed by atoms with Crippen molar-refractivity contribution in [1.29, 1.82) is 0 Å². The quantitative estimate of drug-likeness (QED) is 0.688. The molecule has 0 spiro atoms. The molecule has 1 unspecified atom stereocenters. The summed E-state index contributed by atoms with van der Waals surface area (Å²) in [6, 6.07) is 1.47. The molecular weight excluding hydrogens is 154 g/mol. The Kier molecular flexibility index (Phi) is 2.99. The summed E-state index contributed by atoms with van der Waals surface area (Å²) in [4.78, 5) is 15.0. The van der Waals surface area contributed by atoms with Crippen LogP contribution in [0.2, 0.25) is 0 Å². The maximum absolute atomic E-state index is 11.1. The van der Waals surface area contributed by atoms with Gasteiger partial charge in [0.2, 0.25) is 0 Å². The fourth-order valence-electron chi connectivity index (χ4n) is 0.897. The van der Waals surface area contributed by atoms with Gasteiger partial charge in [-0.05, 0) is 6.42 Å². The molecule has 2 N–H and O–H groups in total. The summed E-state index contributed by atoms with van der Waals surface area (Å²) < 4.78 is 1.52. The molecule has 4 nitrogen and oxygen atoms in total. The normalized spacial score (nSPS) is 12.8. The molecule has 0 fully saturated rings. The maximum atomic E-state index is 11.1. The van der Waals surface area contributed by atoms with Gasteiger partial charge in [-0.1, -0.05) is 6.92 Å². The highest BCUT2D eigenvalue weighted by atomic mass is 16.1. The Labute approximate surface area is 71.0 Å². The van der Waals surface area contributed by atoms with E-state index in [1.54, 1.807) is 0 Å². The first-order chi connectivity index (χ1) is 5.74. The number of nitrogens with zero attached hydrogens (tertiary/aromatic N) is 2. The van der Waals surface area contributed by atoms with Crippen molar-refractivity contribution in [2.45, 2.75) is 25.9 Å². The third kappa shape index (κ3) is 2.17. The lowest BCUT2D eigenvalue weighted by molar-refractivity contribution is 0.521. The van der Waals surface area contributed by atoms with Crippen molar-refractivity contribution in [3.8, 4) is 0 Å². The van der Waals surface area contributed by atoms with Crippen molar-refractivity contribution in [2.24, 2.45) is 5.73 Å². The van der Waals surface area contributed by atoms with Gasteiger partial charge in [0.25, 0.3) is 5.56 Å². The molecule has 0 radical (unpaired) electrons. The van der Waals surface area contributed by atoms with Crippen molar-refractivity contribution in [1.82, 2.24) is 9.55 Å². The van der Waals surface area contributed by atoms with Crippen LogP contribution in [0.3, 0.4) is 0 Å². The molecular formula is C8H13N3O. The van der Waals surface area contributed by atoms with Crippen LogP contribution in [0.5, 0.6) is 0 Å². The van der Waals surface area contributed by atoms with Crippen LogP contribution < -0.4 is 11.3 Å². The number of aromatic nitrogens is 2. The van der Waals surface area contributed by atoms with Gasteiger partial charge in [-0.15, -0.1) is 0 Å². The molecule has 0 bridgehead atoms. The second-order valence-electron chi connectivity index (χ2n) is 2.74. The second-order valence-corrected chi connectivity index (χ2v) is 2.74. The zero-order valence-corrected chi connectivity index (χ0v) is 7.10. The predicted molar refractivity (Wildman–Crippen MR) is 46.8 cm³/mol. The SMILES string of the molecule is CCC(N)Cn1cnccc1=O. The van der Waals surface area contributed by atoms with Crippen LogP contribution in [0.25, 0.3) is 0 Å². The van der Waals surface area contributed by atoms with E-state index in [0.29, 0.717) is 6.54 Å². The van der Waals surface area contributed by atoms with Crippen molar-refractivity contribution in [2.75, 3.05) is 0 Å². The molecule has 0 aliphatic rings. The topological polar surface area (TPSA) is 60.9 Å². The van der Waals surface area contributed by atoms with Crippen molar-refractivity contribution >= 4 is 0 Å². The molecule has 0 amide bonds. The molecule has 0 saturated heterocycles. The average Bonchev–Trinajstić information content (AvgIpc) is 2.09. The van der Waals surface area contributed by atoms with E-state index in [2.05, 4.69) is 4.98 Å². The third-order valence-corrected chi connectivity index (χ3v) is 1.75. The minimum absolute atomic E-state index is 0.0342. The number of hydrogen-bond donors (Lipinski definition) is 1.